The summed E-state index contributed by atoms with van der Waals surface area (Å²) in [5.74, 6) is 0.733. The molecule has 0 spiro atoms. The number of benzene rings is 1. The van der Waals surface area contributed by atoms with Gasteiger partial charge in [0.1, 0.15) is 30.2 Å². The van der Waals surface area contributed by atoms with E-state index in [9.17, 15) is 10.2 Å². The van der Waals surface area contributed by atoms with Crippen LogP contribution in [0.4, 0.5) is 0 Å². The molecule has 0 saturated carbocycles. The Balaban J connectivity index is 1.72. The monoisotopic (exact) mass is 312 g/mol. The molecule has 122 valence electrons. The highest BCUT2D eigenvalue weighted by Crippen LogP contribution is 2.34. The first-order valence-corrected chi connectivity index (χ1v) is 7.09. The van der Waals surface area contributed by atoms with Crippen molar-refractivity contribution in [2.24, 2.45) is 0 Å². The highest BCUT2D eigenvalue weighted by molar-refractivity contribution is 5.28. The average molecular weight is 312 g/mol. The number of rotatable bonds is 3. The van der Waals surface area contributed by atoms with Crippen molar-refractivity contribution >= 4 is 0 Å². The third-order valence-corrected chi connectivity index (χ3v) is 3.95. The van der Waals surface area contributed by atoms with Crippen LogP contribution in [0.25, 0.3) is 0 Å². The molecule has 0 bridgehead atoms. The van der Waals surface area contributed by atoms with Crippen molar-refractivity contribution < 1.29 is 33.9 Å². The Morgan fingerprint density at radius 1 is 1.05 bits per heavy atom. The van der Waals surface area contributed by atoms with Crippen molar-refractivity contribution in [2.45, 2.75) is 37.0 Å². The van der Waals surface area contributed by atoms with Crippen LogP contribution in [0.1, 0.15) is 11.9 Å². The van der Waals surface area contributed by atoms with Crippen molar-refractivity contribution in [3.63, 3.8) is 0 Å². The first-order chi connectivity index (χ1) is 10.6. The molecule has 2 fully saturated rings. The molecule has 0 amide bonds. The smallest absolute Gasteiger partial charge is 0.186 e. The first-order valence-electron chi connectivity index (χ1n) is 7.09. The molecule has 6 atom stereocenters. The van der Waals surface area contributed by atoms with Gasteiger partial charge in [-0.1, -0.05) is 12.1 Å². The summed E-state index contributed by atoms with van der Waals surface area (Å²) < 4.78 is 27.1. The Morgan fingerprint density at radius 2 is 1.77 bits per heavy atom. The van der Waals surface area contributed by atoms with Gasteiger partial charge in [-0.25, -0.2) is 0 Å². The highest BCUT2D eigenvalue weighted by Gasteiger charge is 2.48. The fraction of sp³-hybridized carbons (Fsp3) is 0.600. The van der Waals surface area contributed by atoms with Crippen molar-refractivity contribution in [2.75, 3.05) is 20.8 Å². The quantitative estimate of drug-likeness (QED) is 0.824. The topological polar surface area (TPSA) is 86.6 Å². The largest absolute Gasteiger partial charge is 0.497 e. The molecule has 1 aromatic carbocycles. The van der Waals surface area contributed by atoms with E-state index in [2.05, 4.69) is 0 Å². The van der Waals surface area contributed by atoms with E-state index in [1.165, 1.54) is 7.11 Å². The van der Waals surface area contributed by atoms with Gasteiger partial charge < -0.3 is 33.9 Å². The molecule has 3 rings (SSSR count). The Morgan fingerprint density at radius 3 is 2.41 bits per heavy atom. The van der Waals surface area contributed by atoms with Gasteiger partial charge in [0.05, 0.1) is 13.7 Å². The molecule has 1 unspecified atom stereocenters. The minimum atomic E-state index is -1.17. The summed E-state index contributed by atoms with van der Waals surface area (Å²) in [6, 6.07) is 7.26. The van der Waals surface area contributed by atoms with E-state index in [1.54, 1.807) is 19.2 Å². The Labute approximate surface area is 128 Å². The van der Waals surface area contributed by atoms with Gasteiger partial charge in [0.25, 0.3) is 0 Å². The van der Waals surface area contributed by atoms with Gasteiger partial charge in [-0.15, -0.1) is 0 Å². The van der Waals surface area contributed by atoms with E-state index in [0.29, 0.717) is 0 Å². The predicted octanol–water partition coefficient (Wildman–Crippen LogP) is 0.202. The minimum Gasteiger partial charge on any atom is -0.497 e. The number of fused-ring (bicyclic) bond motifs is 1. The number of aliphatic hydroxyl groups excluding tert-OH is 2. The minimum absolute atomic E-state index is 0.241. The van der Waals surface area contributed by atoms with Gasteiger partial charge in [0.2, 0.25) is 0 Å². The molecule has 7 heteroatoms. The van der Waals surface area contributed by atoms with Crippen LogP contribution < -0.4 is 4.74 Å². The zero-order valence-electron chi connectivity index (χ0n) is 12.4. The summed E-state index contributed by atoms with van der Waals surface area (Å²) in [6.07, 6.45) is -4.95. The molecule has 7 nitrogen and oxygen atoms in total. The standard InChI is InChI=1S/C15H20O7/c1-18-9-5-3-8(4-6-9)14-20-7-10-13(22-14)11(16)12(17)15(19-2)21-10/h3-6,10-17H,7H2,1-2H3/t10-,11-,12-,13+,14?,15+/m1/s1. The lowest BCUT2D eigenvalue weighted by molar-refractivity contribution is -0.358. The Bertz CT molecular complexity index is 489. The average Bonchev–Trinajstić information content (AvgIpc) is 2.58. The zero-order valence-corrected chi connectivity index (χ0v) is 12.4. The lowest BCUT2D eigenvalue weighted by Crippen LogP contribution is -2.62. The number of hydrogen-bond acceptors (Lipinski definition) is 7. The number of methoxy groups -OCH3 is 2. The van der Waals surface area contributed by atoms with E-state index in [-0.39, 0.29) is 6.61 Å². The second-order valence-corrected chi connectivity index (χ2v) is 5.30. The fourth-order valence-corrected chi connectivity index (χ4v) is 2.70. The van der Waals surface area contributed by atoms with E-state index in [0.717, 1.165) is 11.3 Å². The molecular formula is C15H20O7. The Kier molecular flexibility index (Phi) is 4.62. The summed E-state index contributed by atoms with van der Waals surface area (Å²) in [4.78, 5) is 0. The number of hydrogen-bond donors (Lipinski definition) is 2. The SMILES string of the molecule is COc1ccc(C2OC[C@H]3O[C@H](OC)[C@H](O)[C@@H](O)[C@H]3O2)cc1. The summed E-state index contributed by atoms with van der Waals surface area (Å²) in [6.45, 7) is 0.241. The van der Waals surface area contributed by atoms with Crippen molar-refractivity contribution in [3.05, 3.63) is 29.8 Å². The van der Waals surface area contributed by atoms with Crippen LogP contribution in [0.3, 0.4) is 0 Å². The normalized spacial score (nSPS) is 38.4. The zero-order chi connectivity index (χ0) is 15.7. The van der Waals surface area contributed by atoms with E-state index in [4.69, 9.17) is 23.7 Å². The van der Waals surface area contributed by atoms with Crippen molar-refractivity contribution in [3.8, 4) is 5.75 Å². The van der Waals surface area contributed by atoms with Gasteiger partial charge in [-0.3, -0.25) is 0 Å². The molecule has 2 heterocycles. The lowest BCUT2D eigenvalue weighted by atomic mass is 9.98. The predicted molar refractivity (Wildman–Crippen MR) is 74.2 cm³/mol. The third kappa shape index (κ3) is 2.83. The van der Waals surface area contributed by atoms with Crippen LogP contribution in [0.2, 0.25) is 0 Å². The van der Waals surface area contributed by atoms with Crippen LogP contribution >= 0.6 is 0 Å². The maximum Gasteiger partial charge on any atom is 0.186 e. The highest BCUT2D eigenvalue weighted by atomic mass is 16.7. The van der Waals surface area contributed by atoms with E-state index < -0.39 is 37.0 Å². The van der Waals surface area contributed by atoms with Gasteiger partial charge in [-0.2, -0.15) is 0 Å². The van der Waals surface area contributed by atoms with Crippen molar-refractivity contribution in [1.82, 2.24) is 0 Å². The first kappa shape index (κ1) is 15.7. The molecule has 0 aromatic heterocycles. The fourth-order valence-electron chi connectivity index (χ4n) is 2.70. The summed E-state index contributed by atoms with van der Waals surface area (Å²) in [7, 11) is 3.00. The third-order valence-electron chi connectivity index (χ3n) is 3.95. The molecular weight excluding hydrogens is 292 g/mol. The molecule has 2 saturated heterocycles. The Hall–Kier alpha value is -1.22. The van der Waals surface area contributed by atoms with Crippen LogP contribution in [-0.4, -0.2) is 61.7 Å². The van der Waals surface area contributed by atoms with Gasteiger partial charge in [0, 0.05) is 12.7 Å². The maximum absolute atomic E-state index is 10.2. The summed E-state index contributed by atoms with van der Waals surface area (Å²) in [5, 5.41) is 20.2. The van der Waals surface area contributed by atoms with Crippen LogP contribution in [0.15, 0.2) is 24.3 Å². The van der Waals surface area contributed by atoms with Gasteiger partial charge in [-0.05, 0) is 12.1 Å². The molecule has 0 radical (unpaired) electrons. The second kappa shape index (κ2) is 6.49. The molecule has 2 aliphatic rings. The maximum atomic E-state index is 10.2. The second-order valence-electron chi connectivity index (χ2n) is 5.30. The van der Waals surface area contributed by atoms with E-state index >= 15 is 0 Å². The molecule has 2 aliphatic heterocycles. The van der Waals surface area contributed by atoms with Gasteiger partial charge in [0.15, 0.2) is 12.6 Å². The van der Waals surface area contributed by atoms with Crippen LogP contribution in [0, 0.1) is 0 Å². The van der Waals surface area contributed by atoms with Gasteiger partial charge >= 0.3 is 0 Å². The lowest BCUT2D eigenvalue weighted by Gasteiger charge is -2.45. The van der Waals surface area contributed by atoms with Crippen LogP contribution in [0.5, 0.6) is 5.75 Å². The molecule has 22 heavy (non-hydrogen) atoms. The summed E-state index contributed by atoms with van der Waals surface area (Å²) >= 11 is 0. The molecule has 0 aliphatic carbocycles. The summed E-state index contributed by atoms with van der Waals surface area (Å²) in [5.41, 5.74) is 0.801. The molecule has 1 aromatic rings. The number of ether oxygens (including phenoxy) is 5. The van der Waals surface area contributed by atoms with E-state index in [1.807, 2.05) is 12.1 Å². The van der Waals surface area contributed by atoms with Crippen molar-refractivity contribution in [1.29, 1.82) is 0 Å². The molecule has 2 N–H and O–H groups in total. The number of aliphatic hydroxyl groups is 2. The van der Waals surface area contributed by atoms with Crippen LogP contribution in [-0.2, 0) is 18.9 Å².